The summed E-state index contributed by atoms with van der Waals surface area (Å²) in [5.41, 5.74) is 4.42. The van der Waals surface area contributed by atoms with E-state index in [4.69, 9.17) is 13.9 Å². The first kappa shape index (κ1) is 18.7. The number of carbonyl (C=O) groups is 1. The molecular formula is C22H21N3O4. The van der Waals surface area contributed by atoms with Crippen molar-refractivity contribution in [3.63, 3.8) is 0 Å². The lowest BCUT2D eigenvalue weighted by atomic mass is 10.1. The van der Waals surface area contributed by atoms with E-state index in [-0.39, 0.29) is 5.89 Å². The van der Waals surface area contributed by atoms with E-state index in [1.54, 1.807) is 20.1 Å². The topological polar surface area (TPSA) is 90.2 Å². The molecule has 0 radical (unpaired) electrons. The summed E-state index contributed by atoms with van der Waals surface area (Å²) in [5.74, 6) is 0.881. The summed E-state index contributed by atoms with van der Waals surface area (Å²) in [7, 11) is 1.60. The Hall–Kier alpha value is -3.61. The number of hydrogen-bond acceptors (Lipinski definition) is 6. The van der Waals surface area contributed by atoms with Gasteiger partial charge in [0.2, 0.25) is 5.89 Å². The molecule has 0 spiro atoms. The summed E-state index contributed by atoms with van der Waals surface area (Å²) in [4.78, 5) is 15.9. The number of aromatic amines is 1. The van der Waals surface area contributed by atoms with Gasteiger partial charge in [0.1, 0.15) is 5.75 Å². The van der Waals surface area contributed by atoms with Gasteiger partial charge in [-0.3, -0.25) is 0 Å². The molecule has 4 aromatic rings. The maximum atomic E-state index is 12.6. The largest absolute Gasteiger partial charge is 0.497 e. The Labute approximate surface area is 167 Å². The summed E-state index contributed by atoms with van der Waals surface area (Å²) in [6, 6.07) is 12.7. The Bertz CT molecular complexity index is 1170. The highest BCUT2D eigenvalue weighted by Crippen LogP contribution is 2.26. The number of rotatable bonds is 5. The Kier molecular flexibility index (Phi) is 4.80. The molecule has 7 nitrogen and oxygen atoms in total. The minimum atomic E-state index is -0.674. The average molecular weight is 391 g/mol. The maximum Gasteiger partial charge on any atom is 0.338 e. The molecule has 0 saturated heterocycles. The van der Waals surface area contributed by atoms with Crippen LogP contribution in [0.2, 0.25) is 0 Å². The Morgan fingerprint density at radius 1 is 1.10 bits per heavy atom. The predicted molar refractivity (Wildman–Crippen MR) is 108 cm³/mol. The number of nitrogens with one attached hydrogen (secondary N) is 1. The number of methoxy groups -OCH3 is 1. The molecule has 0 amide bonds. The number of esters is 1. The fraction of sp³-hybridized carbons (Fsp3) is 0.227. The van der Waals surface area contributed by atoms with Crippen LogP contribution in [-0.2, 0) is 4.74 Å². The van der Waals surface area contributed by atoms with E-state index in [0.29, 0.717) is 11.5 Å². The molecule has 1 atom stereocenters. The SMILES string of the molecule is COc1ccc(-c2nnc(C(C)OC(=O)c3ccc4[nH]c(C)c(C)c4c3)o2)cc1. The van der Waals surface area contributed by atoms with Gasteiger partial charge in [-0.2, -0.15) is 0 Å². The second-order valence-corrected chi connectivity index (χ2v) is 6.86. The van der Waals surface area contributed by atoms with Crippen LogP contribution in [0.4, 0.5) is 0 Å². The summed E-state index contributed by atoms with van der Waals surface area (Å²) in [6.45, 7) is 5.73. The van der Waals surface area contributed by atoms with E-state index < -0.39 is 12.1 Å². The van der Waals surface area contributed by atoms with Gasteiger partial charge in [0.05, 0.1) is 12.7 Å². The minimum Gasteiger partial charge on any atom is -0.497 e. The number of benzene rings is 2. The first-order valence-corrected chi connectivity index (χ1v) is 9.24. The molecule has 148 valence electrons. The van der Waals surface area contributed by atoms with Crippen LogP contribution >= 0.6 is 0 Å². The molecule has 29 heavy (non-hydrogen) atoms. The van der Waals surface area contributed by atoms with Crippen molar-refractivity contribution < 1.29 is 18.7 Å². The van der Waals surface area contributed by atoms with E-state index in [9.17, 15) is 4.79 Å². The van der Waals surface area contributed by atoms with E-state index >= 15 is 0 Å². The van der Waals surface area contributed by atoms with Crippen molar-refractivity contribution in [2.75, 3.05) is 7.11 Å². The quantitative estimate of drug-likeness (QED) is 0.493. The van der Waals surface area contributed by atoms with Crippen molar-refractivity contribution >= 4 is 16.9 Å². The standard InChI is InChI=1S/C22H21N3O4/c1-12-13(2)23-19-10-7-16(11-18(12)19)22(26)28-14(3)20-24-25-21(29-20)15-5-8-17(27-4)9-6-15/h5-11,14,23H,1-4H3. The van der Waals surface area contributed by atoms with Gasteiger partial charge in [-0.15, -0.1) is 10.2 Å². The van der Waals surface area contributed by atoms with E-state index in [1.807, 2.05) is 50.2 Å². The normalized spacial score (nSPS) is 12.1. The zero-order valence-corrected chi connectivity index (χ0v) is 16.6. The average Bonchev–Trinajstić information content (AvgIpc) is 3.33. The molecule has 0 bridgehead atoms. The van der Waals surface area contributed by atoms with Crippen LogP contribution in [0.25, 0.3) is 22.4 Å². The highest BCUT2D eigenvalue weighted by atomic mass is 16.6. The Morgan fingerprint density at radius 2 is 1.86 bits per heavy atom. The van der Waals surface area contributed by atoms with Gasteiger partial charge in [-0.05, 0) is 68.8 Å². The monoisotopic (exact) mass is 391 g/mol. The molecule has 2 aromatic heterocycles. The van der Waals surface area contributed by atoms with Crippen molar-refractivity contribution in [3.05, 3.63) is 65.2 Å². The maximum absolute atomic E-state index is 12.6. The van der Waals surface area contributed by atoms with E-state index in [2.05, 4.69) is 15.2 Å². The number of ether oxygens (including phenoxy) is 2. The number of hydrogen-bond donors (Lipinski definition) is 1. The fourth-order valence-electron chi connectivity index (χ4n) is 3.12. The molecule has 4 rings (SSSR count). The lowest BCUT2D eigenvalue weighted by molar-refractivity contribution is 0.0280. The number of aryl methyl sites for hydroxylation is 2. The first-order chi connectivity index (χ1) is 14.0. The molecule has 1 unspecified atom stereocenters. The molecule has 7 heteroatoms. The minimum absolute atomic E-state index is 0.235. The van der Waals surface area contributed by atoms with E-state index in [1.165, 1.54) is 0 Å². The summed E-state index contributed by atoms with van der Waals surface area (Å²) >= 11 is 0. The van der Waals surface area contributed by atoms with Gasteiger partial charge in [-0.25, -0.2) is 4.79 Å². The highest BCUT2D eigenvalue weighted by molar-refractivity contribution is 5.96. The van der Waals surface area contributed by atoms with E-state index in [0.717, 1.165) is 33.5 Å². The smallest absolute Gasteiger partial charge is 0.338 e. The van der Waals surface area contributed by atoms with Crippen LogP contribution in [0, 0.1) is 13.8 Å². The number of H-pyrrole nitrogens is 1. The van der Waals surface area contributed by atoms with Gasteiger partial charge in [0, 0.05) is 22.2 Å². The van der Waals surface area contributed by atoms with Crippen molar-refractivity contribution in [1.82, 2.24) is 15.2 Å². The third kappa shape index (κ3) is 3.59. The van der Waals surface area contributed by atoms with Crippen molar-refractivity contribution in [1.29, 1.82) is 0 Å². The summed E-state index contributed by atoms with van der Waals surface area (Å²) in [6.07, 6.45) is -0.674. The molecule has 0 aliphatic heterocycles. The van der Waals surface area contributed by atoms with Crippen LogP contribution in [0.5, 0.6) is 5.75 Å². The summed E-state index contributed by atoms with van der Waals surface area (Å²) < 4.78 is 16.4. The number of carbonyl (C=O) groups excluding carboxylic acids is 1. The van der Waals surface area contributed by atoms with Gasteiger partial charge >= 0.3 is 5.97 Å². The van der Waals surface area contributed by atoms with Gasteiger partial charge in [0.15, 0.2) is 6.10 Å². The number of aromatic nitrogens is 3. The fourth-order valence-corrected chi connectivity index (χ4v) is 3.12. The van der Waals surface area contributed by atoms with Crippen LogP contribution in [-0.4, -0.2) is 28.3 Å². The number of fused-ring (bicyclic) bond motifs is 1. The van der Waals surface area contributed by atoms with Crippen molar-refractivity contribution in [3.8, 4) is 17.2 Å². The highest BCUT2D eigenvalue weighted by Gasteiger charge is 2.20. The van der Waals surface area contributed by atoms with Crippen LogP contribution in [0.1, 0.15) is 40.5 Å². The third-order valence-electron chi connectivity index (χ3n) is 4.95. The molecule has 2 heterocycles. The lowest BCUT2D eigenvalue weighted by Gasteiger charge is -2.09. The van der Waals surface area contributed by atoms with Crippen molar-refractivity contribution in [2.45, 2.75) is 26.9 Å². The van der Waals surface area contributed by atoms with Crippen LogP contribution in [0.3, 0.4) is 0 Å². The lowest BCUT2D eigenvalue weighted by Crippen LogP contribution is -2.09. The Morgan fingerprint density at radius 3 is 2.59 bits per heavy atom. The molecule has 0 aliphatic carbocycles. The second-order valence-electron chi connectivity index (χ2n) is 6.86. The second kappa shape index (κ2) is 7.43. The zero-order valence-electron chi connectivity index (χ0n) is 16.6. The predicted octanol–water partition coefficient (Wildman–Crippen LogP) is 4.76. The molecular weight excluding hydrogens is 370 g/mol. The van der Waals surface area contributed by atoms with Crippen LogP contribution < -0.4 is 4.74 Å². The molecule has 2 aromatic carbocycles. The van der Waals surface area contributed by atoms with Gasteiger partial charge in [-0.1, -0.05) is 0 Å². The van der Waals surface area contributed by atoms with Gasteiger partial charge < -0.3 is 18.9 Å². The number of nitrogens with zero attached hydrogens (tertiary/aromatic N) is 2. The summed E-state index contributed by atoms with van der Waals surface area (Å²) in [5, 5.41) is 9.07. The molecule has 1 N–H and O–H groups in total. The third-order valence-corrected chi connectivity index (χ3v) is 4.95. The van der Waals surface area contributed by atoms with Crippen LogP contribution in [0.15, 0.2) is 46.9 Å². The Balaban J connectivity index is 1.50. The molecule has 0 aliphatic rings. The zero-order chi connectivity index (χ0) is 20.5. The van der Waals surface area contributed by atoms with Gasteiger partial charge in [0.25, 0.3) is 5.89 Å². The van der Waals surface area contributed by atoms with Crippen molar-refractivity contribution in [2.24, 2.45) is 0 Å². The first-order valence-electron chi connectivity index (χ1n) is 9.24. The molecule has 0 saturated carbocycles. The molecule has 0 fully saturated rings.